The molecule has 0 saturated heterocycles. The van der Waals surface area contributed by atoms with Crippen LogP contribution in [-0.2, 0) is 4.74 Å². The van der Waals surface area contributed by atoms with Gasteiger partial charge >= 0.3 is 0 Å². The van der Waals surface area contributed by atoms with E-state index in [0.717, 1.165) is 12.8 Å². The van der Waals surface area contributed by atoms with E-state index in [-0.39, 0.29) is 6.04 Å². The summed E-state index contributed by atoms with van der Waals surface area (Å²) in [4.78, 5) is 0. The molecule has 1 heterocycles. The first-order chi connectivity index (χ1) is 9.65. The van der Waals surface area contributed by atoms with Crippen molar-refractivity contribution in [2.24, 2.45) is 0 Å². The van der Waals surface area contributed by atoms with E-state index in [1.165, 1.54) is 12.1 Å². The van der Waals surface area contributed by atoms with Crippen molar-refractivity contribution in [1.82, 2.24) is 20.2 Å². The number of rotatable bonds is 6. The van der Waals surface area contributed by atoms with E-state index in [1.54, 1.807) is 17.9 Å². The molecule has 0 saturated carbocycles. The van der Waals surface area contributed by atoms with Crippen LogP contribution >= 0.6 is 0 Å². The van der Waals surface area contributed by atoms with Crippen molar-refractivity contribution >= 4 is 5.69 Å². The van der Waals surface area contributed by atoms with E-state index in [9.17, 15) is 4.39 Å². The van der Waals surface area contributed by atoms with Crippen LogP contribution in [0.4, 0.5) is 10.1 Å². The summed E-state index contributed by atoms with van der Waals surface area (Å²) < 4.78 is 20.3. The number of methoxy groups -OCH3 is 1. The van der Waals surface area contributed by atoms with Crippen LogP contribution in [0.3, 0.4) is 0 Å². The Morgan fingerprint density at radius 2 is 2.20 bits per heavy atom. The zero-order valence-electron chi connectivity index (χ0n) is 11.6. The van der Waals surface area contributed by atoms with Gasteiger partial charge in [-0.1, -0.05) is 13.3 Å². The summed E-state index contributed by atoms with van der Waals surface area (Å²) in [5, 5.41) is 11.7. The van der Waals surface area contributed by atoms with Crippen molar-refractivity contribution in [1.29, 1.82) is 0 Å². The monoisotopic (exact) mass is 279 g/mol. The third-order valence-corrected chi connectivity index (χ3v) is 3.00. The number of nitrogens with zero attached hydrogens (tertiary/aromatic N) is 4. The molecule has 108 valence electrons. The van der Waals surface area contributed by atoms with Crippen molar-refractivity contribution < 1.29 is 9.13 Å². The molecule has 0 aliphatic rings. The first kappa shape index (κ1) is 14.4. The third-order valence-electron chi connectivity index (χ3n) is 3.00. The molecule has 1 unspecified atom stereocenters. The maximum atomic E-state index is 13.5. The first-order valence-corrected chi connectivity index (χ1v) is 6.49. The highest BCUT2D eigenvalue weighted by atomic mass is 19.1. The van der Waals surface area contributed by atoms with Crippen LogP contribution in [0.2, 0.25) is 0 Å². The standard InChI is InChI=1S/C13H18FN5O/c1-3-4-12(8-20-2)19-13(16-17-18-19)9-5-10(14)7-11(15)6-9/h5-7,12H,3-4,8,15H2,1-2H3. The molecule has 7 heteroatoms. The van der Waals surface area contributed by atoms with Gasteiger partial charge in [0, 0.05) is 18.4 Å². The lowest BCUT2D eigenvalue weighted by molar-refractivity contribution is 0.144. The lowest BCUT2D eigenvalue weighted by Gasteiger charge is -2.16. The Morgan fingerprint density at radius 3 is 2.85 bits per heavy atom. The highest BCUT2D eigenvalue weighted by molar-refractivity contribution is 5.61. The second-order valence-electron chi connectivity index (χ2n) is 4.62. The van der Waals surface area contributed by atoms with Crippen LogP contribution in [-0.4, -0.2) is 33.9 Å². The summed E-state index contributed by atoms with van der Waals surface area (Å²) >= 11 is 0. The topological polar surface area (TPSA) is 78.8 Å². The van der Waals surface area contributed by atoms with Gasteiger partial charge in [0.15, 0.2) is 5.82 Å². The molecule has 6 nitrogen and oxygen atoms in total. The van der Waals surface area contributed by atoms with Gasteiger partial charge in [-0.25, -0.2) is 9.07 Å². The first-order valence-electron chi connectivity index (χ1n) is 6.49. The fraction of sp³-hybridized carbons (Fsp3) is 0.462. The Bertz CT molecular complexity index is 545. The lowest BCUT2D eigenvalue weighted by atomic mass is 10.1. The Morgan fingerprint density at radius 1 is 1.40 bits per heavy atom. The van der Waals surface area contributed by atoms with E-state index in [4.69, 9.17) is 10.5 Å². The number of hydrogen-bond acceptors (Lipinski definition) is 5. The minimum Gasteiger partial charge on any atom is -0.399 e. The maximum Gasteiger partial charge on any atom is 0.182 e. The number of nitrogen functional groups attached to an aromatic ring is 1. The molecule has 1 aromatic carbocycles. The minimum absolute atomic E-state index is 0.0134. The number of halogens is 1. The normalized spacial score (nSPS) is 12.6. The number of aromatic nitrogens is 4. The minimum atomic E-state index is -0.409. The van der Waals surface area contributed by atoms with E-state index >= 15 is 0 Å². The molecular weight excluding hydrogens is 261 g/mol. The highest BCUT2D eigenvalue weighted by Crippen LogP contribution is 2.24. The van der Waals surface area contributed by atoms with Crippen LogP contribution in [0.25, 0.3) is 11.4 Å². The van der Waals surface area contributed by atoms with Gasteiger partial charge in [-0.15, -0.1) is 5.10 Å². The Labute approximate surface area is 116 Å². The molecule has 1 atom stereocenters. The quantitative estimate of drug-likeness (QED) is 0.819. The van der Waals surface area contributed by atoms with E-state index in [0.29, 0.717) is 23.7 Å². The van der Waals surface area contributed by atoms with E-state index in [2.05, 4.69) is 22.4 Å². The largest absolute Gasteiger partial charge is 0.399 e. The van der Waals surface area contributed by atoms with Gasteiger partial charge in [0.25, 0.3) is 0 Å². The second kappa shape index (κ2) is 6.42. The lowest BCUT2D eigenvalue weighted by Crippen LogP contribution is -2.17. The summed E-state index contributed by atoms with van der Waals surface area (Å²) in [6.45, 7) is 2.57. The number of benzene rings is 1. The van der Waals surface area contributed by atoms with Gasteiger partial charge in [0.1, 0.15) is 5.82 Å². The summed E-state index contributed by atoms with van der Waals surface area (Å²) in [5.41, 5.74) is 6.57. The molecule has 0 aliphatic carbocycles. The average molecular weight is 279 g/mol. The molecule has 0 radical (unpaired) electrons. The summed E-state index contributed by atoms with van der Waals surface area (Å²) in [6.07, 6.45) is 1.84. The average Bonchev–Trinajstić information content (AvgIpc) is 2.86. The molecule has 2 N–H and O–H groups in total. The maximum absolute atomic E-state index is 13.5. The summed E-state index contributed by atoms with van der Waals surface area (Å²) in [7, 11) is 1.63. The number of nitrogens with two attached hydrogens (primary N) is 1. The molecule has 1 aromatic heterocycles. The van der Waals surface area contributed by atoms with Crippen molar-refractivity contribution in [3.8, 4) is 11.4 Å². The Balaban J connectivity index is 2.40. The molecule has 0 bridgehead atoms. The van der Waals surface area contributed by atoms with Gasteiger partial charge in [0.2, 0.25) is 0 Å². The summed E-state index contributed by atoms with van der Waals surface area (Å²) in [6, 6.07) is 4.30. The number of anilines is 1. The number of tetrazole rings is 1. The Kier molecular flexibility index (Phi) is 4.62. The van der Waals surface area contributed by atoms with Crippen molar-refractivity contribution in [2.45, 2.75) is 25.8 Å². The smallest absolute Gasteiger partial charge is 0.182 e. The molecule has 2 rings (SSSR count). The predicted octanol–water partition coefficient (Wildman–Crippen LogP) is 2.05. The molecule has 0 aliphatic heterocycles. The molecule has 20 heavy (non-hydrogen) atoms. The van der Waals surface area contributed by atoms with Crippen LogP contribution in [0.15, 0.2) is 18.2 Å². The number of ether oxygens (including phenoxy) is 1. The van der Waals surface area contributed by atoms with Crippen molar-refractivity contribution in [3.63, 3.8) is 0 Å². The molecule has 0 amide bonds. The zero-order chi connectivity index (χ0) is 14.5. The molecular formula is C13H18FN5O. The van der Waals surface area contributed by atoms with Gasteiger partial charge in [0.05, 0.1) is 12.6 Å². The fourth-order valence-electron chi connectivity index (χ4n) is 2.17. The second-order valence-corrected chi connectivity index (χ2v) is 4.62. The van der Waals surface area contributed by atoms with Crippen LogP contribution in [0, 0.1) is 5.82 Å². The Hall–Kier alpha value is -2.02. The van der Waals surface area contributed by atoms with Crippen LogP contribution < -0.4 is 5.73 Å². The van der Waals surface area contributed by atoms with Gasteiger partial charge in [-0.3, -0.25) is 0 Å². The van der Waals surface area contributed by atoms with Crippen molar-refractivity contribution in [3.05, 3.63) is 24.0 Å². The zero-order valence-corrected chi connectivity index (χ0v) is 11.6. The van der Waals surface area contributed by atoms with Crippen molar-refractivity contribution in [2.75, 3.05) is 19.5 Å². The van der Waals surface area contributed by atoms with E-state index in [1.807, 2.05) is 0 Å². The van der Waals surface area contributed by atoms with Crippen LogP contribution in [0.5, 0.6) is 0 Å². The third kappa shape index (κ3) is 3.11. The fourth-order valence-corrected chi connectivity index (χ4v) is 2.17. The number of hydrogen-bond donors (Lipinski definition) is 1. The summed E-state index contributed by atoms with van der Waals surface area (Å²) in [5.74, 6) is 0.0834. The van der Waals surface area contributed by atoms with Gasteiger partial charge in [-0.2, -0.15) is 0 Å². The SMILES string of the molecule is CCCC(COC)n1nnnc1-c1cc(N)cc(F)c1. The molecule has 2 aromatic rings. The predicted molar refractivity (Wildman–Crippen MR) is 73.4 cm³/mol. The van der Waals surface area contributed by atoms with Gasteiger partial charge < -0.3 is 10.5 Å². The molecule has 0 fully saturated rings. The van der Waals surface area contributed by atoms with Gasteiger partial charge in [-0.05, 0) is 35.0 Å². The van der Waals surface area contributed by atoms with Crippen LogP contribution in [0.1, 0.15) is 25.8 Å². The molecule has 0 spiro atoms. The highest BCUT2D eigenvalue weighted by Gasteiger charge is 2.18. The van der Waals surface area contributed by atoms with E-state index < -0.39 is 5.82 Å².